The summed E-state index contributed by atoms with van der Waals surface area (Å²) in [6.07, 6.45) is 3.19. The lowest BCUT2D eigenvalue weighted by atomic mass is 10.2. The van der Waals surface area contributed by atoms with Crippen LogP contribution in [0.25, 0.3) is 11.0 Å². The van der Waals surface area contributed by atoms with Crippen LogP contribution in [-0.2, 0) is 13.1 Å². The number of hydrogen-bond donors (Lipinski definition) is 1. The molecular formula is C21H16F2N4O. The van der Waals surface area contributed by atoms with Gasteiger partial charge in [-0.2, -0.15) is 0 Å². The molecule has 0 bridgehead atoms. The van der Waals surface area contributed by atoms with Gasteiger partial charge in [0.15, 0.2) is 5.82 Å². The van der Waals surface area contributed by atoms with Gasteiger partial charge in [-0.1, -0.05) is 36.4 Å². The lowest BCUT2D eigenvalue weighted by Gasteiger charge is -2.13. The molecule has 0 unspecified atom stereocenters. The summed E-state index contributed by atoms with van der Waals surface area (Å²) >= 11 is 0. The van der Waals surface area contributed by atoms with Crippen molar-refractivity contribution in [1.82, 2.24) is 14.5 Å². The number of hydrogen-bond acceptors (Lipinski definition) is 4. The van der Waals surface area contributed by atoms with Gasteiger partial charge in [0.05, 0.1) is 23.8 Å². The molecule has 4 aromatic rings. The van der Waals surface area contributed by atoms with Gasteiger partial charge >= 0.3 is 0 Å². The second-order valence-corrected chi connectivity index (χ2v) is 6.29. The van der Waals surface area contributed by atoms with Crippen LogP contribution in [0.5, 0.6) is 0 Å². The quantitative estimate of drug-likeness (QED) is 0.575. The number of fused-ring (bicyclic) bond motifs is 1. The average Bonchev–Trinajstić information content (AvgIpc) is 2.71. The SMILES string of the molecule is O=c1c(NCc2ccc(F)cc2F)nc2ccncc2n1Cc1ccccc1. The van der Waals surface area contributed by atoms with Crippen molar-refractivity contribution in [3.05, 3.63) is 100 Å². The molecule has 0 amide bonds. The van der Waals surface area contributed by atoms with Crippen molar-refractivity contribution in [1.29, 1.82) is 0 Å². The fourth-order valence-corrected chi connectivity index (χ4v) is 2.97. The van der Waals surface area contributed by atoms with Crippen LogP contribution in [0.4, 0.5) is 14.6 Å². The van der Waals surface area contributed by atoms with Crippen molar-refractivity contribution in [2.24, 2.45) is 0 Å². The first-order chi connectivity index (χ1) is 13.6. The van der Waals surface area contributed by atoms with Crippen LogP contribution in [0, 0.1) is 11.6 Å². The predicted octanol–water partition coefficient (Wildman–Crippen LogP) is 3.73. The molecule has 4 rings (SSSR count). The van der Waals surface area contributed by atoms with Gasteiger partial charge < -0.3 is 5.32 Å². The Balaban J connectivity index is 1.72. The van der Waals surface area contributed by atoms with E-state index in [0.29, 0.717) is 17.6 Å². The third-order valence-electron chi connectivity index (χ3n) is 4.39. The minimum Gasteiger partial charge on any atom is -0.361 e. The van der Waals surface area contributed by atoms with E-state index in [1.807, 2.05) is 30.3 Å². The molecule has 2 aromatic heterocycles. The van der Waals surface area contributed by atoms with E-state index in [1.165, 1.54) is 12.1 Å². The molecular weight excluding hydrogens is 362 g/mol. The summed E-state index contributed by atoms with van der Waals surface area (Å²) in [5.41, 5.74) is 2.05. The monoisotopic (exact) mass is 378 g/mol. The van der Waals surface area contributed by atoms with Crippen molar-refractivity contribution < 1.29 is 8.78 Å². The van der Waals surface area contributed by atoms with Crippen LogP contribution in [0.15, 0.2) is 71.8 Å². The van der Waals surface area contributed by atoms with Gasteiger partial charge in [0.1, 0.15) is 11.6 Å². The summed E-state index contributed by atoms with van der Waals surface area (Å²) in [5, 5.41) is 2.88. The van der Waals surface area contributed by atoms with Crippen molar-refractivity contribution in [2.45, 2.75) is 13.1 Å². The molecule has 1 N–H and O–H groups in total. The van der Waals surface area contributed by atoms with Gasteiger partial charge in [0, 0.05) is 24.4 Å². The number of rotatable bonds is 5. The fourth-order valence-electron chi connectivity index (χ4n) is 2.97. The average molecular weight is 378 g/mol. The number of halogens is 2. The van der Waals surface area contributed by atoms with E-state index in [1.54, 1.807) is 23.0 Å². The number of aromatic nitrogens is 3. The van der Waals surface area contributed by atoms with E-state index in [-0.39, 0.29) is 23.5 Å². The lowest BCUT2D eigenvalue weighted by molar-refractivity contribution is 0.574. The fraction of sp³-hybridized carbons (Fsp3) is 0.0952. The van der Waals surface area contributed by atoms with Crippen molar-refractivity contribution >= 4 is 16.9 Å². The van der Waals surface area contributed by atoms with E-state index in [2.05, 4.69) is 15.3 Å². The zero-order valence-corrected chi connectivity index (χ0v) is 14.8. The van der Waals surface area contributed by atoms with Crippen molar-refractivity contribution in [2.75, 3.05) is 5.32 Å². The molecule has 0 aliphatic heterocycles. The van der Waals surface area contributed by atoms with E-state index in [0.717, 1.165) is 11.6 Å². The van der Waals surface area contributed by atoms with E-state index >= 15 is 0 Å². The zero-order valence-electron chi connectivity index (χ0n) is 14.8. The van der Waals surface area contributed by atoms with Crippen molar-refractivity contribution in [3.63, 3.8) is 0 Å². The summed E-state index contributed by atoms with van der Waals surface area (Å²) in [7, 11) is 0. The molecule has 0 radical (unpaired) electrons. The van der Waals surface area contributed by atoms with Gasteiger partial charge in [-0.15, -0.1) is 0 Å². The molecule has 2 aromatic carbocycles. The number of benzene rings is 2. The lowest BCUT2D eigenvalue weighted by Crippen LogP contribution is -2.26. The second-order valence-electron chi connectivity index (χ2n) is 6.29. The minimum atomic E-state index is -0.679. The molecule has 0 aliphatic carbocycles. The summed E-state index contributed by atoms with van der Waals surface area (Å²) in [4.78, 5) is 21.5. The van der Waals surface area contributed by atoms with E-state index in [9.17, 15) is 13.6 Å². The van der Waals surface area contributed by atoms with E-state index in [4.69, 9.17) is 0 Å². The highest BCUT2D eigenvalue weighted by molar-refractivity contribution is 5.75. The highest BCUT2D eigenvalue weighted by atomic mass is 19.1. The first-order valence-electron chi connectivity index (χ1n) is 8.68. The number of anilines is 1. The third-order valence-corrected chi connectivity index (χ3v) is 4.39. The van der Waals surface area contributed by atoms with Crippen LogP contribution in [0.2, 0.25) is 0 Å². The van der Waals surface area contributed by atoms with Gasteiger partial charge in [-0.05, 0) is 17.7 Å². The van der Waals surface area contributed by atoms with E-state index < -0.39 is 11.6 Å². The number of pyridine rings is 1. The standard InChI is InChI=1S/C21H16F2N4O/c22-16-7-6-15(17(23)10-16)11-25-20-21(28)27(13-14-4-2-1-3-5-14)19-12-24-9-8-18(19)26-20/h1-10,12H,11,13H2,(H,25,26). The molecule has 5 nitrogen and oxygen atoms in total. The Hall–Kier alpha value is -3.61. The van der Waals surface area contributed by atoms with Crippen LogP contribution >= 0.6 is 0 Å². The Morgan fingerprint density at radius 3 is 2.64 bits per heavy atom. The molecule has 140 valence electrons. The Morgan fingerprint density at radius 2 is 1.86 bits per heavy atom. The Labute approximate surface area is 159 Å². The maximum atomic E-state index is 13.9. The summed E-state index contributed by atoms with van der Waals surface area (Å²) < 4.78 is 28.5. The molecule has 0 aliphatic rings. The normalized spacial score (nSPS) is 10.9. The third kappa shape index (κ3) is 3.59. The maximum absolute atomic E-state index is 13.9. The molecule has 2 heterocycles. The molecule has 0 saturated heterocycles. The molecule has 0 spiro atoms. The Bertz CT molecular complexity index is 1190. The summed E-state index contributed by atoms with van der Waals surface area (Å²) in [6, 6.07) is 14.6. The topological polar surface area (TPSA) is 59.8 Å². The molecule has 0 saturated carbocycles. The highest BCUT2D eigenvalue weighted by Crippen LogP contribution is 2.15. The highest BCUT2D eigenvalue weighted by Gasteiger charge is 2.12. The maximum Gasteiger partial charge on any atom is 0.294 e. The first kappa shape index (κ1) is 17.8. The number of nitrogens with zero attached hydrogens (tertiary/aromatic N) is 3. The van der Waals surface area contributed by atoms with Crippen LogP contribution in [0.1, 0.15) is 11.1 Å². The smallest absolute Gasteiger partial charge is 0.294 e. The first-order valence-corrected chi connectivity index (χ1v) is 8.68. The van der Waals surface area contributed by atoms with Gasteiger partial charge in [-0.25, -0.2) is 13.8 Å². The Kier molecular flexibility index (Phi) is 4.80. The summed E-state index contributed by atoms with van der Waals surface area (Å²) in [5.74, 6) is -1.23. The van der Waals surface area contributed by atoms with Gasteiger partial charge in [0.2, 0.25) is 0 Å². The van der Waals surface area contributed by atoms with Crippen LogP contribution in [0.3, 0.4) is 0 Å². The predicted molar refractivity (Wildman–Crippen MR) is 103 cm³/mol. The Morgan fingerprint density at radius 1 is 1.04 bits per heavy atom. The molecule has 28 heavy (non-hydrogen) atoms. The number of nitrogens with one attached hydrogen (secondary N) is 1. The molecule has 0 atom stereocenters. The molecule has 0 fully saturated rings. The van der Waals surface area contributed by atoms with Crippen molar-refractivity contribution in [3.8, 4) is 0 Å². The zero-order chi connectivity index (χ0) is 19.5. The molecule has 7 heteroatoms. The van der Waals surface area contributed by atoms with Crippen LogP contribution < -0.4 is 10.9 Å². The second kappa shape index (κ2) is 7.56. The van der Waals surface area contributed by atoms with Gasteiger partial charge in [-0.3, -0.25) is 14.3 Å². The van der Waals surface area contributed by atoms with Gasteiger partial charge in [0.25, 0.3) is 5.56 Å². The minimum absolute atomic E-state index is 0.0102. The van der Waals surface area contributed by atoms with Crippen LogP contribution in [-0.4, -0.2) is 14.5 Å². The summed E-state index contributed by atoms with van der Waals surface area (Å²) in [6.45, 7) is 0.361. The largest absolute Gasteiger partial charge is 0.361 e.